The van der Waals surface area contributed by atoms with Gasteiger partial charge in [-0.15, -0.1) is 24.0 Å². The van der Waals surface area contributed by atoms with Gasteiger partial charge in [0.2, 0.25) is 0 Å². The molecular weight excluding hydrogens is 380 g/mol. The van der Waals surface area contributed by atoms with Crippen molar-refractivity contribution < 1.29 is 0 Å². The highest BCUT2D eigenvalue weighted by molar-refractivity contribution is 14.0. The quantitative estimate of drug-likeness (QED) is 0.365. The zero-order valence-corrected chi connectivity index (χ0v) is 13.0. The van der Waals surface area contributed by atoms with Crippen LogP contribution >= 0.6 is 59.4 Å². The molecule has 0 saturated carbocycles. The van der Waals surface area contributed by atoms with Gasteiger partial charge in [0.1, 0.15) is 0 Å². The van der Waals surface area contributed by atoms with Gasteiger partial charge in [-0.3, -0.25) is 0 Å². The Morgan fingerprint density at radius 2 is 1.94 bits per heavy atom. The fraction of sp³-hybridized carbons (Fsp3) is 0.111. The molecule has 0 saturated heterocycles. The number of nitrogens with two attached hydrogens (primary N) is 1. The van der Waals surface area contributed by atoms with E-state index in [-0.39, 0.29) is 29.1 Å². The topological polar surface area (TPSA) is 41.6 Å². The third-order valence-corrected chi connectivity index (χ3v) is 2.60. The Hall–Kier alpha value is -0.110. The summed E-state index contributed by atoms with van der Waals surface area (Å²) in [5, 5.41) is 6.58. The molecule has 0 spiro atoms. The molecule has 0 atom stereocenters. The number of hydrazone groups is 1. The monoisotopic (exact) mass is 389 g/mol. The van der Waals surface area contributed by atoms with Gasteiger partial charge in [0, 0.05) is 12.6 Å². The van der Waals surface area contributed by atoms with Gasteiger partial charge >= 0.3 is 0 Å². The van der Waals surface area contributed by atoms with Crippen molar-refractivity contribution in [1.82, 2.24) is 5.01 Å². The average Bonchev–Trinajstić information content (AvgIpc) is 2.16. The van der Waals surface area contributed by atoms with Gasteiger partial charge < -0.3 is 5.73 Å². The molecule has 7 heteroatoms. The summed E-state index contributed by atoms with van der Waals surface area (Å²) in [5.74, 6) is 0. The van der Waals surface area contributed by atoms with E-state index in [2.05, 4.69) is 5.10 Å². The van der Waals surface area contributed by atoms with Crippen LogP contribution in [0.1, 0.15) is 5.56 Å². The lowest BCUT2D eigenvalue weighted by atomic mass is 10.2. The normalized spacial score (nSPS) is 9.94. The van der Waals surface area contributed by atoms with E-state index >= 15 is 0 Å². The van der Waals surface area contributed by atoms with Crippen molar-refractivity contribution in [1.29, 1.82) is 0 Å². The van der Waals surface area contributed by atoms with Crippen molar-refractivity contribution in [2.75, 3.05) is 7.05 Å². The van der Waals surface area contributed by atoms with E-state index in [1.54, 1.807) is 25.2 Å². The fourth-order valence-corrected chi connectivity index (χ4v) is 1.38. The Bertz CT molecular complexity index is 391. The van der Waals surface area contributed by atoms with E-state index < -0.39 is 0 Å². The first kappa shape index (κ1) is 15.9. The number of halogens is 3. The lowest BCUT2D eigenvalue weighted by Gasteiger charge is -2.09. The molecule has 88 valence electrons. The average molecular weight is 390 g/mol. The van der Waals surface area contributed by atoms with Gasteiger partial charge in [-0.25, -0.2) is 5.01 Å². The predicted molar refractivity (Wildman–Crippen MR) is 84.0 cm³/mol. The molecule has 0 aliphatic rings. The molecule has 0 fully saturated rings. The second-order valence-corrected chi connectivity index (χ2v) is 3.97. The van der Waals surface area contributed by atoms with Crippen LogP contribution in [-0.4, -0.2) is 23.4 Å². The largest absolute Gasteiger partial charge is 0.375 e. The first-order chi connectivity index (χ1) is 7.02. The maximum absolute atomic E-state index is 5.93. The van der Waals surface area contributed by atoms with Crippen molar-refractivity contribution in [2.45, 2.75) is 0 Å². The van der Waals surface area contributed by atoms with E-state index in [1.807, 2.05) is 0 Å². The van der Waals surface area contributed by atoms with Crippen molar-refractivity contribution in [3.8, 4) is 0 Å². The number of benzene rings is 1. The molecule has 0 amide bonds. The Balaban J connectivity index is 0.00000225. The summed E-state index contributed by atoms with van der Waals surface area (Å²) in [6.45, 7) is 0. The molecule has 0 radical (unpaired) electrons. The summed E-state index contributed by atoms with van der Waals surface area (Å²) in [7, 11) is 1.64. The minimum absolute atomic E-state index is 0. The summed E-state index contributed by atoms with van der Waals surface area (Å²) in [6, 6.07) is 5.23. The Labute approximate surface area is 127 Å². The van der Waals surface area contributed by atoms with E-state index in [0.717, 1.165) is 0 Å². The van der Waals surface area contributed by atoms with Gasteiger partial charge in [-0.2, -0.15) is 5.10 Å². The maximum atomic E-state index is 5.93. The van der Waals surface area contributed by atoms with Crippen LogP contribution in [0.25, 0.3) is 0 Å². The van der Waals surface area contributed by atoms with Crippen molar-refractivity contribution >= 4 is 70.7 Å². The van der Waals surface area contributed by atoms with E-state index in [4.69, 9.17) is 41.2 Å². The second kappa shape index (κ2) is 7.26. The van der Waals surface area contributed by atoms with Gasteiger partial charge in [-0.1, -0.05) is 29.3 Å². The van der Waals surface area contributed by atoms with Crippen molar-refractivity contribution in [3.05, 3.63) is 33.8 Å². The number of nitrogens with zero attached hydrogens (tertiary/aromatic N) is 2. The van der Waals surface area contributed by atoms with Crippen LogP contribution < -0.4 is 5.73 Å². The van der Waals surface area contributed by atoms with Gasteiger partial charge in [-0.05, 0) is 24.4 Å². The van der Waals surface area contributed by atoms with Crippen molar-refractivity contribution in [3.63, 3.8) is 0 Å². The number of thiocarbonyl (C=S) groups is 1. The number of rotatable bonds is 2. The Morgan fingerprint density at radius 1 is 1.44 bits per heavy atom. The van der Waals surface area contributed by atoms with Crippen molar-refractivity contribution in [2.24, 2.45) is 10.8 Å². The van der Waals surface area contributed by atoms with Crippen LogP contribution in [0.15, 0.2) is 23.3 Å². The second-order valence-electron chi connectivity index (χ2n) is 2.74. The summed E-state index contributed by atoms with van der Waals surface area (Å²) < 4.78 is 0. The van der Waals surface area contributed by atoms with Gasteiger partial charge in [0.25, 0.3) is 0 Å². The molecule has 0 unspecified atom stereocenters. The predicted octanol–water partition coefficient (Wildman–Crippen LogP) is 3.12. The molecule has 0 aromatic heterocycles. The lowest BCUT2D eigenvalue weighted by molar-refractivity contribution is 0.552. The standard InChI is InChI=1S/C9H9Cl2N3S.HI/c1-14(9(12)15)13-5-6-7(10)3-2-4-8(6)11;/h2-5H,1H3,(H2,12,15);1H. The molecule has 0 aliphatic carbocycles. The number of hydrogen-bond acceptors (Lipinski definition) is 2. The maximum Gasteiger partial charge on any atom is 0.186 e. The summed E-state index contributed by atoms with van der Waals surface area (Å²) in [4.78, 5) is 0. The van der Waals surface area contributed by atoms with E-state index in [0.29, 0.717) is 15.6 Å². The summed E-state index contributed by atoms with van der Waals surface area (Å²) >= 11 is 16.6. The SMILES string of the molecule is CN(N=Cc1c(Cl)cccc1Cl)C(N)=S.I. The molecule has 0 aliphatic heterocycles. The first-order valence-electron chi connectivity index (χ1n) is 4.03. The highest BCUT2D eigenvalue weighted by Crippen LogP contribution is 2.22. The minimum atomic E-state index is 0. The van der Waals surface area contributed by atoms with Gasteiger partial charge in [0.05, 0.1) is 16.3 Å². The molecule has 3 nitrogen and oxygen atoms in total. The zero-order chi connectivity index (χ0) is 11.4. The molecular formula is C9H10Cl2IN3S. The third-order valence-electron chi connectivity index (χ3n) is 1.68. The third kappa shape index (κ3) is 4.40. The van der Waals surface area contributed by atoms with Crippen LogP contribution in [0.3, 0.4) is 0 Å². The van der Waals surface area contributed by atoms with Crippen LogP contribution in [0.5, 0.6) is 0 Å². The number of hydrogen-bond donors (Lipinski definition) is 1. The molecule has 1 rings (SSSR count). The van der Waals surface area contributed by atoms with E-state index in [9.17, 15) is 0 Å². The van der Waals surface area contributed by atoms with Gasteiger partial charge in [0.15, 0.2) is 5.11 Å². The molecule has 0 heterocycles. The zero-order valence-electron chi connectivity index (χ0n) is 8.35. The van der Waals surface area contributed by atoms with E-state index in [1.165, 1.54) is 11.2 Å². The first-order valence-corrected chi connectivity index (χ1v) is 5.20. The molecule has 1 aromatic carbocycles. The highest BCUT2D eigenvalue weighted by atomic mass is 127. The summed E-state index contributed by atoms with van der Waals surface area (Å²) in [6.07, 6.45) is 1.52. The Kier molecular flexibility index (Phi) is 7.21. The molecule has 16 heavy (non-hydrogen) atoms. The van der Waals surface area contributed by atoms with Crippen LogP contribution in [0.2, 0.25) is 10.0 Å². The smallest absolute Gasteiger partial charge is 0.186 e. The van der Waals surface area contributed by atoms with Crippen LogP contribution in [0, 0.1) is 0 Å². The molecule has 0 bridgehead atoms. The molecule has 2 N–H and O–H groups in total. The Morgan fingerprint density at radius 3 is 2.38 bits per heavy atom. The fourth-order valence-electron chi connectivity index (χ4n) is 0.835. The highest BCUT2D eigenvalue weighted by Gasteiger charge is 2.02. The van der Waals surface area contributed by atoms with Crippen LogP contribution in [0.4, 0.5) is 0 Å². The summed E-state index contributed by atoms with van der Waals surface area (Å²) in [5.41, 5.74) is 6.00. The van der Waals surface area contributed by atoms with Crippen LogP contribution in [-0.2, 0) is 0 Å². The molecule has 1 aromatic rings. The minimum Gasteiger partial charge on any atom is -0.375 e. The lowest BCUT2D eigenvalue weighted by Crippen LogP contribution is -2.27.